The van der Waals surface area contributed by atoms with Crippen LogP contribution in [0.4, 0.5) is 0 Å². The van der Waals surface area contributed by atoms with Crippen molar-refractivity contribution in [1.82, 2.24) is 9.88 Å². The van der Waals surface area contributed by atoms with E-state index in [2.05, 4.69) is 4.98 Å². The zero-order chi connectivity index (χ0) is 12.9. The number of pyridine rings is 1. The molecule has 1 aromatic heterocycles. The van der Waals surface area contributed by atoms with Gasteiger partial charge in [0.15, 0.2) is 0 Å². The first-order valence-electron chi connectivity index (χ1n) is 5.75. The van der Waals surface area contributed by atoms with E-state index in [1.54, 1.807) is 12.4 Å². The van der Waals surface area contributed by atoms with Gasteiger partial charge >= 0.3 is 5.97 Å². The topological polar surface area (TPSA) is 53.4 Å². The van der Waals surface area contributed by atoms with E-state index in [1.165, 1.54) is 5.56 Å². The second-order valence-corrected chi connectivity index (χ2v) is 5.09. The first-order chi connectivity index (χ1) is 7.89. The lowest BCUT2D eigenvalue weighted by atomic mass is 10.0. The molecule has 0 amide bonds. The number of carboxylic acids is 1. The number of hydrogen-bond acceptors (Lipinski definition) is 3. The summed E-state index contributed by atoms with van der Waals surface area (Å²) in [5.41, 5.74) is 1.05. The van der Waals surface area contributed by atoms with Crippen LogP contribution >= 0.6 is 0 Å². The fourth-order valence-electron chi connectivity index (χ4n) is 1.63. The molecule has 1 rings (SSSR count). The molecule has 94 valence electrons. The number of carboxylic acid groups (broad SMARTS) is 1. The van der Waals surface area contributed by atoms with Crippen molar-refractivity contribution >= 4 is 5.97 Å². The van der Waals surface area contributed by atoms with Crippen molar-refractivity contribution in [1.29, 1.82) is 0 Å². The minimum absolute atomic E-state index is 0.0780. The summed E-state index contributed by atoms with van der Waals surface area (Å²) in [6.45, 7) is 6.90. The molecule has 4 heteroatoms. The normalized spacial score (nSPS) is 11.8. The van der Waals surface area contributed by atoms with Gasteiger partial charge in [-0.2, -0.15) is 0 Å². The largest absolute Gasteiger partial charge is 0.480 e. The zero-order valence-electron chi connectivity index (χ0n) is 10.7. The van der Waals surface area contributed by atoms with Crippen LogP contribution in [0.2, 0.25) is 0 Å². The molecule has 1 heterocycles. The molecule has 0 saturated carbocycles. The molecule has 4 nitrogen and oxygen atoms in total. The molecule has 0 bridgehead atoms. The van der Waals surface area contributed by atoms with Crippen LogP contribution in [-0.4, -0.2) is 39.6 Å². The van der Waals surface area contributed by atoms with Crippen LogP contribution in [0, 0.1) is 0 Å². The molecule has 17 heavy (non-hydrogen) atoms. The van der Waals surface area contributed by atoms with E-state index in [9.17, 15) is 4.79 Å². The number of rotatable bonds is 5. The standard InChI is InChI=1S/C13H20N2O2/c1-13(2,3)15(10-12(16)17)9-6-11-4-7-14-8-5-11/h4-5,7-8H,6,9-10H2,1-3H3,(H,16,17). The molecule has 0 fully saturated rings. The van der Waals surface area contributed by atoms with E-state index in [1.807, 2.05) is 37.8 Å². The lowest BCUT2D eigenvalue weighted by molar-refractivity contribution is -0.139. The smallest absolute Gasteiger partial charge is 0.317 e. The molecule has 0 unspecified atom stereocenters. The Labute approximate surface area is 102 Å². The molecule has 0 saturated heterocycles. The molecular weight excluding hydrogens is 216 g/mol. The summed E-state index contributed by atoms with van der Waals surface area (Å²) in [5, 5.41) is 8.89. The summed E-state index contributed by atoms with van der Waals surface area (Å²) in [6.07, 6.45) is 4.36. The Bertz CT molecular complexity index is 357. The maximum Gasteiger partial charge on any atom is 0.317 e. The number of aliphatic carboxylic acids is 1. The summed E-state index contributed by atoms with van der Waals surface area (Å²) in [6, 6.07) is 3.92. The third kappa shape index (κ3) is 4.95. The molecular formula is C13H20N2O2. The molecule has 0 atom stereocenters. The van der Waals surface area contributed by atoms with Gasteiger partial charge in [-0.3, -0.25) is 14.7 Å². The lowest BCUT2D eigenvalue weighted by Crippen LogP contribution is -2.45. The Morgan fingerprint density at radius 2 is 1.94 bits per heavy atom. The zero-order valence-corrected chi connectivity index (χ0v) is 10.7. The highest BCUT2D eigenvalue weighted by atomic mass is 16.4. The molecule has 1 aromatic rings. The Hall–Kier alpha value is -1.42. The quantitative estimate of drug-likeness (QED) is 0.847. The van der Waals surface area contributed by atoms with Crippen molar-refractivity contribution in [2.45, 2.75) is 32.7 Å². The van der Waals surface area contributed by atoms with E-state index in [0.29, 0.717) is 0 Å². The number of carbonyl (C=O) groups is 1. The van der Waals surface area contributed by atoms with Crippen LogP contribution in [0.15, 0.2) is 24.5 Å². The van der Waals surface area contributed by atoms with Crippen molar-refractivity contribution < 1.29 is 9.90 Å². The minimum Gasteiger partial charge on any atom is -0.480 e. The summed E-state index contributed by atoms with van der Waals surface area (Å²) >= 11 is 0. The van der Waals surface area contributed by atoms with E-state index in [0.717, 1.165) is 13.0 Å². The van der Waals surface area contributed by atoms with Crippen LogP contribution in [-0.2, 0) is 11.2 Å². The van der Waals surface area contributed by atoms with Crippen molar-refractivity contribution in [3.8, 4) is 0 Å². The molecule has 1 N–H and O–H groups in total. The fourth-order valence-corrected chi connectivity index (χ4v) is 1.63. The van der Waals surface area contributed by atoms with Gasteiger partial charge in [0.1, 0.15) is 0 Å². The number of nitrogens with zero attached hydrogens (tertiary/aromatic N) is 2. The first-order valence-corrected chi connectivity index (χ1v) is 5.75. The maximum atomic E-state index is 10.8. The van der Waals surface area contributed by atoms with E-state index >= 15 is 0 Å². The van der Waals surface area contributed by atoms with Gasteiger partial charge in [0.25, 0.3) is 0 Å². The monoisotopic (exact) mass is 236 g/mol. The van der Waals surface area contributed by atoms with Gasteiger partial charge in [0.2, 0.25) is 0 Å². The van der Waals surface area contributed by atoms with Crippen LogP contribution in [0.1, 0.15) is 26.3 Å². The van der Waals surface area contributed by atoms with Gasteiger partial charge in [-0.1, -0.05) is 0 Å². The van der Waals surface area contributed by atoms with E-state index in [4.69, 9.17) is 5.11 Å². The fraction of sp³-hybridized carbons (Fsp3) is 0.538. The lowest BCUT2D eigenvalue weighted by Gasteiger charge is -2.34. The predicted molar refractivity (Wildman–Crippen MR) is 66.9 cm³/mol. The Morgan fingerprint density at radius 3 is 2.41 bits per heavy atom. The van der Waals surface area contributed by atoms with Gasteiger partial charge in [0, 0.05) is 24.5 Å². The third-order valence-corrected chi connectivity index (χ3v) is 2.69. The Balaban J connectivity index is 2.59. The van der Waals surface area contributed by atoms with E-state index in [-0.39, 0.29) is 12.1 Å². The second kappa shape index (κ2) is 5.77. The highest BCUT2D eigenvalue weighted by molar-refractivity contribution is 5.69. The van der Waals surface area contributed by atoms with Gasteiger partial charge in [-0.15, -0.1) is 0 Å². The summed E-state index contributed by atoms with van der Waals surface area (Å²) in [5.74, 6) is -0.783. The Morgan fingerprint density at radius 1 is 1.35 bits per heavy atom. The van der Waals surface area contributed by atoms with Gasteiger partial charge in [-0.25, -0.2) is 0 Å². The number of hydrogen-bond donors (Lipinski definition) is 1. The molecule has 0 aliphatic rings. The Kier molecular flexibility index (Phi) is 4.63. The van der Waals surface area contributed by atoms with Crippen LogP contribution in [0.3, 0.4) is 0 Å². The van der Waals surface area contributed by atoms with Crippen molar-refractivity contribution in [3.63, 3.8) is 0 Å². The van der Waals surface area contributed by atoms with Gasteiger partial charge in [0.05, 0.1) is 6.54 Å². The van der Waals surface area contributed by atoms with Gasteiger partial charge in [-0.05, 0) is 44.9 Å². The SMILES string of the molecule is CC(C)(C)N(CCc1ccncc1)CC(=O)O. The molecule has 0 aromatic carbocycles. The third-order valence-electron chi connectivity index (χ3n) is 2.69. The van der Waals surface area contributed by atoms with E-state index < -0.39 is 5.97 Å². The average Bonchev–Trinajstić information content (AvgIpc) is 2.23. The van der Waals surface area contributed by atoms with Crippen LogP contribution < -0.4 is 0 Å². The summed E-state index contributed by atoms with van der Waals surface area (Å²) in [7, 11) is 0. The predicted octanol–water partition coefficient (Wildman–Crippen LogP) is 1.81. The minimum atomic E-state index is -0.783. The van der Waals surface area contributed by atoms with Crippen LogP contribution in [0.5, 0.6) is 0 Å². The van der Waals surface area contributed by atoms with Crippen molar-refractivity contribution in [2.75, 3.05) is 13.1 Å². The molecule has 0 aliphatic carbocycles. The summed E-state index contributed by atoms with van der Waals surface area (Å²) < 4.78 is 0. The second-order valence-electron chi connectivity index (χ2n) is 5.09. The maximum absolute atomic E-state index is 10.8. The highest BCUT2D eigenvalue weighted by Gasteiger charge is 2.22. The number of aromatic nitrogens is 1. The van der Waals surface area contributed by atoms with Crippen molar-refractivity contribution in [3.05, 3.63) is 30.1 Å². The summed E-state index contributed by atoms with van der Waals surface area (Å²) in [4.78, 5) is 16.7. The van der Waals surface area contributed by atoms with Gasteiger partial charge < -0.3 is 5.11 Å². The molecule has 0 spiro atoms. The molecule has 0 aliphatic heterocycles. The average molecular weight is 236 g/mol. The highest BCUT2D eigenvalue weighted by Crippen LogP contribution is 2.13. The molecule has 0 radical (unpaired) electrons. The first kappa shape index (κ1) is 13.6. The van der Waals surface area contributed by atoms with Crippen molar-refractivity contribution in [2.24, 2.45) is 0 Å². The van der Waals surface area contributed by atoms with Crippen LogP contribution in [0.25, 0.3) is 0 Å².